The third kappa shape index (κ3) is 6.09. The van der Waals surface area contributed by atoms with Crippen molar-refractivity contribution in [2.24, 2.45) is 0 Å². The van der Waals surface area contributed by atoms with Crippen molar-refractivity contribution >= 4 is 56.0 Å². The van der Waals surface area contributed by atoms with Gasteiger partial charge >= 0.3 is 5.97 Å². The number of halogens is 2. The molecule has 5 aromatic rings. The van der Waals surface area contributed by atoms with Crippen molar-refractivity contribution < 1.29 is 27.9 Å². The number of hydrogen-bond donors (Lipinski definition) is 2. The van der Waals surface area contributed by atoms with E-state index in [2.05, 4.69) is 4.72 Å². The van der Waals surface area contributed by atoms with Crippen LogP contribution in [0.3, 0.4) is 0 Å². The zero-order valence-electron chi connectivity index (χ0n) is 23.9. The van der Waals surface area contributed by atoms with E-state index < -0.39 is 33.9 Å². The van der Waals surface area contributed by atoms with Crippen molar-refractivity contribution in [1.82, 2.24) is 9.29 Å². The number of methoxy groups -OCH3 is 1. The van der Waals surface area contributed by atoms with E-state index in [-0.39, 0.29) is 10.5 Å². The summed E-state index contributed by atoms with van der Waals surface area (Å²) >= 11 is 12.2. The number of carboxylic acids is 1. The molecule has 1 aromatic heterocycles. The van der Waals surface area contributed by atoms with Crippen molar-refractivity contribution in [3.05, 3.63) is 129 Å². The van der Waals surface area contributed by atoms with Crippen LogP contribution in [0.25, 0.3) is 10.9 Å². The lowest BCUT2D eigenvalue weighted by Gasteiger charge is -2.26. The summed E-state index contributed by atoms with van der Waals surface area (Å²) in [5.41, 5.74) is 2.57. The van der Waals surface area contributed by atoms with Crippen molar-refractivity contribution in [3.63, 3.8) is 0 Å². The predicted molar refractivity (Wildman–Crippen MR) is 170 cm³/mol. The molecule has 0 saturated carbocycles. The van der Waals surface area contributed by atoms with Gasteiger partial charge in [-0.1, -0.05) is 53.0 Å². The number of ether oxygens (including phenoxy) is 1. The van der Waals surface area contributed by atoms with E-state index in [0.29, 0.717) is 43.5 Å². The Morgan fingerprint density at radius 2 is 1.45 bits per heavy atom. The minimum absolute atomic E-state index is 0.0232. The Kier molecular flexibility index (Phi) is 8.85. The smallest absolute Gasteiger partial charge is 0.313 e. The fourth-order valence-electron chi connectivity index (χ4n) is 5.31. The molecule has 0 amide bonds. The molecule has 11 heteroatoms. The molecule has 2 N–H and O–H groups in total. The van der Waals surface area contributed by atoms with E-state index >= 15 is 0 Å². The molecular weight excluding hydrogens is 623 g/mol. The zero-order valence-corrected chi connectivity index (χ0v) is 26.2. The number of benzene rings is 4. The topological polar surface area (TPSA) is 115 Å². The maximum absolute atomic E-state index is 13.9. The minimum atomic E-state index is -4.21. The number of carbonyl (C=O) groups is 2. The number of aliphatic carboxylic acids is 1. The van der Waals surface area contributed by atoms with E-state index in [4.69, 9.17) is 27.9 Å². The number of carboxylic acid groups (broad SMARTS) is 1. The highest BCUT2D eigenvalue weighted by Gasteiger charge is 2.39. The highest BCUT2D eigenvalue weighted by Crippen LogP contribution is 2.41. The lowest BCUT2D eigenvalue weighted by molar-refractivity contribution is -0.139. The van der Waals surface area contributed by atoms with Crippen LogP contribution in [0.15, 0.2) is 95.9 Å². The van der Waals surface area contributed by atoms with E-state index in [1.54, 1.807) is 85.8 Å². The second kappa shape index (κ2) is 12.5. The van der Waals surface area contributed by atoms with Crippen LogP contribution in [-0.4, -0.2) is 37.1 Å². The Morgan fingerprint density at radius 3 is 2.02 bits per heavy atom. The van der Waals surface area contributed by atoms with Gasteiger partial charge in [0.1, 0.15) is 11.7 Å². The molecule has 4 aromatic carbocycles. The fourth-order valence-corrected chi connectivity index (χ4v) is 6.80. The van der Waals surface area contributed by atoms with E-state index in [1.165, 1.54) is 23.8 Å². The third-order valence-electron chi connectivity index (χ3n) is 7.51. The lowest BCUT2D eigenvalue weighted by atomic mass is 9.86. The molecule has 0 bridgehead atoms. The first-order valence-corrected chi connectivity index (χ1v) is 15.7. The zero-order chi connectivity index (χ0) is 31.8. The molecule has 2 atom stereocenters. The Bertz CT molecular complexity index is 1970. The number of carbonyl (C=O) groups excluding carboxylic acids is 1. The molecule has 1 heterocycles. The Morgan fingerprint density at radius 1 is 0.864 bits per heavy atom. The molecule has 0 aliphatic heterocycles. The van der Waals surface area contributed by atoms with Crippen molar-refractivity contribution in [1.29, 1.82) is 0 Å². The van der Waals surface area contributed by atoms with Crippen LogP contribution in [0.1, 0.15) is 44.7 Å². The normalized spacial score (nSPS) is 13.0. The van der Waals surface area contributed by atoms with Gasteiger partial charge in [0.05, 0.1) is 23.6 Å². The van der Waals surface area contributed by atoms with Crippen LogP contribution >= 0.6 is 23.2 Å². The monoisotopic (exact) mass is 650 g/mol. The summed E-state index contributed by atoms with van der Waals surface area (Å²) in [5, 5.41) is 12.1. The quantitative estimate of drug-likeness (QED) is 0.175. The second-order valence-corrected chi connectivity index (χ2v) is 12.9. The van der Waals surface area contributed by atoms with Gasteiger partial charge in [-0.3, -0.25) is 14.2 Å². The Hall–Kier alpha value is -4.15. The van der Waals surface area contributed by atoms with Crippen LogP contribution in [0.2, 0.25) is 10.0 Å². The summed E-state index contributed by atoms with van der Waals surface area (Å²) in [7, 11) is -2.74. The van der Waals surface area contributed by atoms with Gasteiger partial charge in [0.2, 0.25) is 10.0 Å². The highest BCUT2D eigenvalue weighted by atomic mass is 35.5. The van der Waals surface area contributed by atoms with Crippen LogP contribution in [0.4, 0.5) is 0 Å². The lowest BCUT2D eigenvalue weighted by Crippen LogP contribution is -2.36. The SMILES string of the molecule is COc1ccc2c(c1)c([C@@H](C(=O)O)[C@H](NS(=O)(=O)c1ccc(C)cc1)c1ccc(Cl)cc1)c(C)n2C(=O)c1ccc(Cl)cc1. The molecule has 8 nitrogen and oxygen atoms in total. The summed E-state index contributed by atoms with van der Waals surface area (Å²) in [5.74, 6) is -2.76. The number of rotatable bonds is 9. The molecule has 44 heavy (non-hydrogen) atoms. The van der Waals surface area contributed by atoms with E-state index in [0.717, 1.165) is 5.56 Å². The maximum atomic E-state index is 13.9. The average molecular weight is 652 g/mol. The van der Waals surface area contributed by atoms with Crippen molar-refractivity contribution in [2.75, 3.05) is 7.11 Å². The largest absolute Gasteiger partial charge is 0.497 e. The number of aryl methyl sites for hydroxylation is 1. The molecule has 0 aliphatic rings. The fraction of sp³-hybridized carbons (Fsp3) is 0.152. The molecule has 226 valence electrons. The molecule has 0 unspecified atom stereocenters. The first kappa shape index (κ1) is 31.3. The standard InChI is InChI=1S/C33H28Cl2N2O6S/c1-19-4-15-26(16-5-19)44(41,42)36-31(21-6-10-23(34)11-7-21)30(33(39)40)29-20(2)37(28-17-14-25(43-3)18-27(28)29)32(38)22-8-12-24(35)13-9-22/h4-18,30-31,36H,1-3H3,(H,39,40)/t30-,31-/m1/s1. The third-order valence-corrected chi connectivity index (χ3v) is 9.47. The van der Waals surface area contributed by atoms with E-state index in [9.17, 15) is 23.1 Å². The summed E-state index contributed by atoms with van der Waals surface area (Å²) in [6.45, 7) is 3.47. The van der Waals surface area contributed by atoms with Crippen LogP contribution in [0.5, 0.6) is 5.75 Å². The number of aromatic nitrogens is 1. The van der Waals surface area contributed by atoms with Crippen LogP contribution in [-0.2, 0) is 14.8 Å². The van der Waals surface area contributed by atoms with E-state index in [1.807, 2.05) is 6.92 Å². The van der Waals surface area contributed by atoms with Crippen molar-refractivity contribution in [3.8, 4) is 5.75 Å². The number of nitrogens with one attached hydrogen (secondary N) is 1. The Balaban J connectivity index is 1.76. The van der Waals surface area contributed by atoms with Gasteiger partial charge in [0.15, 0.2) is 0 Å². The average Bonchev–Trinajstić information content (AvgIpc) is 3.27. The second-order valence-electron chi connectivity index (χ2n) is 10.3. The number of sulfonamides is 1. The molecule has 0 spiro atoms. The van der Waals surface area contributed by atoms with Gasteiger partial charge in [0, 0.05) is 26.7 Å². The number of nitrogens with zero attached hydrogens (tertiary/aromatic N) is 1. The molecule has 0 fully saturated rings. The number of fused-ring (bicyclic) bond motifs is 1. The summed E-state index contributed by atoms with van der Waals surface area (Å²) in [6.07, 6.45) is 0. The molecule has 5 rings (SSSR count). The van der Waals surface area contributed by atoms with Gasteiger partial charge in [0.25, 0.3) is 5.91 Å². The van der Waals surface area contributed by atoms with Gasteiger partial charge in [-0.05, 0) is 91.7 Å². The minimum Gasteiger partial charge on any atom is -0.497 e. The first-order chi connectivity index (χ1) is 20.9. The molecular formula is C33H28Cl2N2O6S. The van der Waals surface area contributed by atoms with Gasteiger partial charge in [-0.15, -0.1) is 0 Å². The molecule has 0 radical (unpaired) electrons. The van der Waals surface area contributed by atoms with Crippen LogP contribution < -0.4 is 9.46 Å². The predicted octanol–water partition coefficient (Wildman–Crippen LogP) is 7.15. The number of hydrogen-bond acceptors (Lipinski definition) is 5. The van der Waals surface area contributed by atoms with Gasteiger partial charge in [-0.2, -0.15) is 0 Å². The van der Waals surface area contributed by atoms with Gasteiger partial charge < -0.3 is 9.84 Å². The summed E-state index contributed by atoms with van der Waals surface area (Å²) in [4.78, 5) is 27.1. The highest BCUT2D eigenvalue weighted by molar-refractivity contribution is 7.89. The Labute approximate surface area is 264 Å². The molecule has 0 saturated heterocycles. The summed E-state index contributed by atoms with van der Waals surface area (Å²) in [6, 6.07) is 22.6. The van der Waals surface area contributed by atoms with Gasteiger partial charge in [-0.25, -0.2) is 13.1 Å². The maximum Gasteiger partial charge on any atom is 0.313 e. The van der Waals surface area contributed by atoms with Crippen molar-refractivity contribution in [2.45, 2.75) is 30.7 Å². The summed E-state index contributed by atoms with van der Waals surface area (Å²) < 4.78 is 36.9. The van der Waals surface area contributed by atoms with Crippen LogP contribution in [0, 0.1) is 13.8 Å². The first-order valence-electron chi connectivity index (χ1n) is 13.5. The molecule has 0 aliphatic carbocycles.